The summed E-state index contributed by atoms with van der Waals surface area (Å²) in [6.45, 7) is 0.578. The molecule has 0 radical (unpaired) electrons. The van der Waals surface area contributed by atoms with E-state index >= 15 is 0 Å². The van der Waals surface area contributed by atoms with Crippen LogP contribution in [0.1, 0.15) is 11.1 Å². The molecule has 3 N–H and O–H groups in total. The SMILES string of the molecule is N#Cc1cccc(CNc2ncc(Br)cc2N)c1. The minimum absolute atomic E-state index is 0.578. The van der Waals surface area contributed by atoms with Gasteiger partial charge in [0.15, 0.2) is 0 Å². The van der Waals surface area contributed by atoms with Crippen LogP contribution in [0, 0.1) is 11.3 Å². The lowest BCUT2D eigenvalue weighted by Gasteiger charge is -2.08. The molecule has 0 bridgehead atoms. The van der Waals surface area contributed by atoms with Crippen molar-refractivity contribution in [3.8, 4) is 6.07 Å². The van der Waals surface area contributed by atoms with Gasteiger partial charge >= 0.3 is 0 Å². The molecule has 2 rings (SSSR count). The lowest BCUT2D eigenvalue weighted by molar-refractivity contribution is 1.11. The molecule has 1 heterocycles. The summed E-state index contributed by atoms with van der Waals surface area (Å²) in [6.07, 6.45) is 1.68. The number of aromatic nitrogens is 1. The molecule has 1 aromatic heterocycles. The first-order valence-corrected chi connectivity index (χ1v) is 6.12. The van der Waals surface area contributed by atoms with Gasteiger partial charge in [-0.15, -0.1) is 0 Å². The summed E-state index contributed by atoms with van der Waals surface area (Å²) in [7, 11) is 0. The number of hydrogen-bond acceptors (Lipinski definition) is 4. The second-order valence-electron chi connectivity index (χ2n) is 3.76. The molecule has 0 spiro atoms. The van der Waals surface area contributed by atoms with Gasteiger partial charge < -0.3 is 11.1 Å². The van der Waals surface area contributed by atoms with E-state index < -0.39 is 0 Å². The number of rotatable bonds is 3. The zero-order valence-electron chi connectivity index (χ0n) is 9.52. The Kier molecular flexibility index (Phi) is 3.80. The summed E-state index contributed by atoms with van der Waals surface area (Å²) in [5, 5.41) is 12.0. The summed E-state index contributed by atoms with van der Waals surface area (Å²) in [5.41, 5.74) is 8.08. The first-order valence-electron chi connectivity index (χ1n) is 5.33. The van der Waals surface area contributed by atoms with Crippen LogP contribution in [0.5, 0.6) is 0 Å². The molecule has 0 fully saturated rings. The molecule has 0 amide bonds. The lowest BCUT2D eigenvalue weighted by atomic mass is 10.1. The van der Waals surface area contributed by atoms with E-state index in [1.165, 1.54) is 0 Å². The fourth-order valence-corrected chi connectivity index (χ4v) is 1.89. The fraction of sp³-hybridized carbons (Fsp3) is 0.0769. The number of anilines is 2. The zero-order chi connectivity index (χ0) is 13.0. The van der Waals surface area contributed by atoms with Gasteiger partial charge in [-0.1, -0.05) is 12.1 Å². The van der Waals surface area contributed by atoms with Gasteiger partial charge in [-0.25, -0.2) is 4.98 Å². The first kappa shape index (κ1) is 12.4. The maximum atomic E-state index is 8.81. The van der Waals surface area contributed by atoms with Crippen molar-refractivity contribution < 1.29 is 0 Å². The Morgan fingerprint density at radius 1 is 1.39 bits per heavy atom. The quantitative estimate of drug-likeness (QED) is 0.914. The van der Waals surface area contributed by atoms with Crippen LogP contribution in [0.2, 0.25) is 0 Å². The molecule has 0 atom stereocenters. The maximum Gasteiger partial charge on any atom is 0.149 e. The van der Waals surface area contributed by atoms with Gasteiger partial charge in [-0.2, -0.15) is 5.26 Å². The summed E-state index contributed by atoms with van der Waals surface area (Å²) >= 11 is 3.30. The standard InChI is InChI=1S/C13H11BrN4/c14-11-5-12(16)13(18-8-11)17-7-10-3-1-2-9(4-10)6-15/h1-5,8H,7,16H2,(H,17,18). The number of hydrogen-bond donors (Lipinski definition) is 2. The molecular weight excluding hydrogens is 292 g/mol. The summed E-state index contributed by atoms with van der Waals surface area (Å²) in [4.78, 5) is 4.19. The molecule has 0 aliphatic rings. The van der Waals surface area contributed by atoms with E-state index in [1.54, 1.807) is 18.3 Å². The number of nitriles is 1. The second-order valence-corrected chi connectivity index (χ2v) is 4.67. The zero-order valence-corrected chi connectivity index (χ0v) is 11.1. The van der Waals surface area contributed by atoms with Crippen molar-refractivity contribution in [3.63, 3.8) is 0 Å². The van der Waals surface area contributed by atoms with E-state index in [1.807, 2.05) is 18.2 Å². The van der Waals surface area contributed by atoms with Crippen LogP contribution >= 0.6 is 15.9 Å². The molecule has 0 saturated carbocycles. The highest BCUT2D eigenvalue weighted by Crippen LogP contribution is 2.20. The molecule has 0 aliphatic heterocycles. The number of halogens is 1. The number of pyridine rings is 1. The van der Waals surface area contributed by atoms with Crippen LogP contribution in [0.15, 0.2) is 41.0 Å². The number of benzene rings is 1. The van der Waals surface area contributed by atoms with Gasteiger partial charge in [-0.3, -0.25) is 0 Å². The topological polar surface area (TPSA) is 74.7 Å². The Bertz CT molecular complexity index is 604. The fourth-order valence-electron chi connectivity index (χ4n) is 1.54. The van der Waals surface area contributed by atoms with Crippen LogP contribution in [-0.2, 0) is 6.54 Å². The molecular formula is C13H11BrN4. The van der Waals surface area contributed by atoms with Gasteiger partial charge in [0, 0.05) is 17.2 Å². The second kappa shape index (κ2) is 5.52. The third kappa shape index (κ3) is 2.99. The number of nitrogens with one attached hydrogen (secondary N) is 1. The molecule has 2 aromatic rings. The predicted octanol–water partition coefficient (Wildman–Crippen LogP) is 2.91. The predicted molar refractivity (Wildman–Crippen MR) is 74.8 cm³/mol. The van der Waals surface area contributed by atoms with E-state index in [0.29, 0.717) is 23.6 Å². The molecule has 0 unspecified atom stereocenters. The molecule has 0 aliphatic carbocycles. The molecule has 18 heavy (non-hydrogen) atoms. The summed E-state index contributed by atoms with van der Waals surface area (Å²) in [5.74, 6) is 0.639. The highest BCUT2D eigenvalue weighted by Gasteiger charge is 2.01. The van der Waals surface area contributed by atoms with E-state index in [4.69, 9.17) is 11.0 Å². The highest BCUT2D eigenvalue weighted by molar-refractivity contribution is 9.10. The molecule has 0 saturated heterocycles. The first-order chi connectivity index (χ1) is 8.69. The van der Waals surface area contributed by atoms with Crippen LogP contribution in [0.4, 0.5) is 11.5 Å². The van der Waals surface area contributed by atoms with Gasteiger partial charge in [0.1, 0.15) is 5.82 Å². The van der Waals surface area contributed by atoms with Crippen molar-refractivity contribution in [2.75, 3.05) is 11.1 Å². The van der Waals surface area contributed by atoms with Crippen LogP contribution in [0.25, 0.3) is 0 Å². The Morgan fingerprint density at radius 2 is 2.22 bits per heavy atom. The third-order valence-electron chi connectivity index (χ3n) is 2.40. The van der Waals surface area contributed by atoms with Crippen LogP contribution in [0.3, 0.4) is 0 Å². The number of nitrogens with zero attached hydrogens (tertiary/aromatic N) is 2. The molecule has 5 heteroatoms. The van der Waals surface area contributed by atoms with Gasteiger partial charge in [0.05, 0.1) is 17.3 Å². The molecule has 4 nitrogen and oxygen atoms in total. The highest BCUT2D eigenvalue weighted by atomic mass is 79.9. The summed E-state index contributed by atoms with van der Waals surface area (Å²) < 4.78 is 0.844. The van der Waals surface area contributed by atoms with Crippen LogP contribution < -0.4 is 11.1 Å². The molecule has 1 aromatic carbocycles. The van der Waals surface area contributed by atoms with E-state index in [-0.39, 0.29) is 0 Å². The van der Waals surface area contributed by atoms with Gasteiger partial charge in [0.2, 0.25) is 0 Å². The van der Waals surface area contributed by atoms with Crippen molar-refractivity contribution in [2.45, 2.75) is 6.54 Å². The minimum Gasteiger partial charge on any atom is -0.396 e. The third-order valence-corrected chi connectivity index (χ3v) is 2.83. The van der Waals surface area contributed by atoms with E-state index in [2.05, 4.69) is 32.3 Å². The van der Waals surface area contributed by atoms with Gasteiger partial charge in [0.25, 0.3) is 0 Å². The lowest BCUT2D eigenvalue weighted by Crippen LogP contribution is -2.04. The van der Waals surface area contributed by atoms with Crippen molar-refractivity contribution >= 4 is 27.4 Å². The largest absolute Gasteiger partial charge is 0.396 e. The minimum atomic E-state index is 0.578. The molecule has 90 valence electrons. The number of nitrogen functional groups attached to an aromatic ring is 1. The Labute approximate surface area is 114 Å². The Morgan fingerprint density at radius 3 is 2.94 bits per heavy atom. The Balaban J connectivity index is 2.09. The average Bonchev–Trinajstić information content (AvgIpc) is 2.38. The maximum absolute atomic E-state index is 8.81. The monoisotopic (exact) mass is 302 g/mol. The van der Waals surface area contributed by atoms with Crippen molar-refractivity contribution in [3.05, 3.63) is 52.1 Å². The van der Waals surface area contributed by atoms with E-state index in [0.717, 1.165) is 10.0 Å². The number of nitrogens with two attached hydrogens (primary N) is 1. The Hall–Kier alpha value is -2.06. The van der Waals surface area contributed by atoms with Crippen molar-refractivity contribution in [1.82, 2.24) is 4.98 Å². The van der Waals surface area contributed by atoms with E-state index in [9.17, 15) is 0 Å². The van der Waals surface area contributed by atoms with Crippen molar-refractivity contribution in [2.24, 2.45) is 0 Å². The average molecular weight is 303 g/mol. The summed E-state index contributed by atoms with van der Waals surface area (Å²) in [6, 6.07) is 11.3. The van der Waals surface area contributed by atoms with Crippen molar-refractivity contribution in [1.29, 1.82) is 5.26 Å². The normalized spacial score (nSPS) is 9.78. The van der Waals surface area contributed by atoms with Gasteiger partial charge in [-0.05, 0) is 39.7 Å². The van der Waals surface area contributed by atoms with Crippen LogP contribution in [-0.4, -0.2) is 4.98 Å². The smallest absolute Gasteiger partial charge is 0.149 e.